The smallest absolute Gasteiger partial charge is 0.312 e. The third-order valence-corrected chi connectivity index (χ3v) is 2.62. The summed E-state index contributed by atoms with van der Waals surface area (Å²) in [5, 5.41) is 25.7. The van der Waals surface area contributed by atoms with Crippen molar-refractivity contribution in [3.8, 4) is 6.07 Å². The van der Waals surface area contributed by atoms with Crippen LogP contribution in [0.1, 0.15) is 18.4 Å². The predicted octanol–water partition coefficient (Wildman–Crippen LogP) is 1.03. The second-order valence-corrected chi connectivity index (χ2v) is 4.12. The van der Waals surface area contributed by atoms with Gasteiger partial charge in [-0.3, -0.25) is 10.1 Å². The second kappa shape index (κ2) is 5.42. The van der Waals surface area contributed by atoms with Crippen LogP contribution < -0.4 is 10.6 Å². The molecule has 18 heavy (non-hydrogen) atoms. The van der Waals surface area contributed by atoms with Crippen molar-refractivity contribution in [2.75, 3.05) is 18.4 Å². The summed E-state index contributed by atoms with van der Waals surface area (Å²) in [6.07, 6.45) is 3.73. The maximum Gasteiger partial charge on any atom is 0.312 e. The Labute approximate surface area is 104 Å². The van der Waals surface area contributed by atoms with E-state index in [1.807, 2.05) is 6.07 Å². The Morgan fingerprint density at radius 1 is 1.56 bits per heavy atom. The first-order chi connectivity index (χ1) is 8.70. The number of nitrogens with zero attached hydrogens (tertiary/aromatic N) is 3. The molecule has 0 aliphatic heterocycles. The van der Waals surface area contributed by atoms with Crippen molar-refractivity contribution >= 4 is 11.5 Å². The molecule has 0 spiro atoms. The highest BCUT2D eigenvalue weighted by Crippen LogP contribution is 2.22. The van der Waals surface area contributed by atoms with Crippen LogP contribution in [0.2, 0.25) is 0 Å². The molecule has 1 heterocycles. The molecule has 1 aromatic rings. The molecule has 2 N–H and O–H groups in total. The number of hydrogen-bond acceptors (Lipinski definition) is 6. The van der Waals surface area contributed by atoms with Gasteiger partial charge in [0.1, 0.15) is 6.07 Å². The molecular formula is C11H13N5O2. The van der Waals surface area contributed by atoms with Crippen LogP contribution in [0.15, 0.2) is 12.3 Å². The number of rotatable bonds is 6. The molecule has 1 aliphatic rings. The molecule has 0 aromatic carbocycles. The van der Waals surface area contributed by atoms with Crippen LogP contribution in [0, 0.1) is 21.4 Å². The first-order valence-corrected chi connectivity index (χ1v) is 5.72. The average Bonchev–Trinajstić information content (AvgIpc) is 3.18. The van der Waals surface area contributed by atoms with Crippen molar-refractivity contribution in [2.24, 2.45) is 0 Å². The van der Waals surface area contributed by atoms with Crippen LogP contribution in [0.3, 0.4) is 0 Å². The zero-order chi connectivity index (χ0) is 13.0. The lowest BCUT2D eigenvalue weighted by Crippen LogP contribution is -2.24. The monoisotopic (exact) mass is 247 g/mol. The van der Waals surface area contributed by atoms with Crippen molar-refractivity contribution in [1.29, 1.82) is 5.26 Å². The SMILES string of the molecule is N#Cc1cnc(NCCNC2CC2)c([N+](=O)[O-])c1. The fourth-order valence-corrected chi connectivity index (χ4v) is 1.53. The Morgan fingerprint density at radius 2 is 2.33 bits per heavy atom. The predicted molar refractivity (Wildman–Crippen MR) is 65.1 cm³/mol. The molecule has 0 atom stereocenters. The lowest BCUT2D eigenvalue weighted by Gasteiger charge is -2.06. The quantitative estimate of drug-likeness (QED) is 0.442. The number of nitrogens with one attached hydrogen (secondary N) is 2. The van der Waals surface area contributed by atoms with Crippen molar-refractivity contribution in [2.45, 2.75) is 18.9 Å². The largest absolute Gasteiger partial charge is 0.363 e. The van der Waals surface area contributed by atoms with Gasteiger partial charge in [-0.2, -0.15) is 5.26 Å². The number of aromatic nitrogens is 1. The summed E-state index contributed by atoms with van der Waals surface area (Å²) in [5.41, 5.74) is 0.0174. The molecule has 0 saturated heterocycles. The second-order valence-electron chi connectivity index (χ2n) is 4.12. The summed E-state index contributed by atoms with van der Waals surface area (Å²) < 4.78 is 0. The van der Waals surface area contributed by atoms with E-state index < -0.39 is 4.92 Å². The fourth-order valence-electron chi connectivity index (χ4n) is 1.53. The van der Waals surface area contributed by atoms with Crippen molar-refractivity contribution in [3.63, 3.8) is 0 Å². The Bertz CT molecular complexity index is 493. The van der Waals surface area contributed by atoms with Crippen LogP contribution in [0.25, 0.3) is 0 Å². The van der Waals surface area contributed by atoms with Crippen molar-refractivity contribution in [3.05, 3.63) is 27.9 Å². The zero-order valence-corrected chi connectivity index (χ0v) is 9.72. The summed E-state index contributed by atoms with van der Waals surface area (Å²) >= 11 is 0. The molecule has 0 radical (unpaired) electrons. The van der Waals surface area contributed by atoms with E-state index in [9.17, 15) is 10.1 Å². The average molecular weight is 247 g/mol. The Balaban J connectivity index is 1.97. The van der Waals surface area contributed by atoms with Crippen molar-refractivity contribution < 1.29 is 4.92 Å². The van der Waals surface area contributed by atoms with Crippen LogP contribution in [0.5, 0.6) is 0 Å². The first kappa shape index (κ1) is 12.3. The molecule has 1 aromatic heterocycles. The lowest BCUT2D eigenvalue weighted by atomic mass is 10.3. The maximum atomic E-state index is 10.8. The van der Waals surface area contributed by atoms with Gasteiger partial charge in [-0.05, 0) is 12.8 Å². The van der Waals surface area contributed by atoms with Crippen LogP contribution in [-0.2, 0) is 0 Å². The minimum Gasteiger partial charge on any atom is -0.363 e. The highest BCUT2D eigenvalue weighted by atomic mass is 16.6. The van der Waals surface area contributed by atoms with Gasteiger partial charge in [-0.25, -0.2) is 4.98 Å². The molecule has 7 heteroatoms. The number of anilines is 1. The minimum atomic E-state index is -0.537. The van der Waals surface area contributed by atoms with Gasteiger partial charge in [0.2, 0.25) is 5.82 Å². The Kier molecular flexibility index (Phi) is 3.69. The molecule has 1 saturated carbocycles. The van der Waals surface area contributed by atoms with Gasteiger partial charge in [0.05, 0.1) is 10.5 Å². The van der Waals surface area contributed by atoms with Gasteiger partial charge < -0.3 is 10.6 Å². The third-order valence-electron chi connectivity index (χ3n) is 2.62. The lowest BCUT2D eigenvalue weighted by molar-refractivity contribution is -0.384. The van der Waals surface area contributed by atoms with Gasteiger partial charge >= 0.3 is 5.69 Å². The highest BCUT2D eigenvalue weighted by Gasteiger charge is 2.20. The molecule has 94 valence electrons. The number of pyridine rings is 1. The van der Waals surface area contributed by atoms with Gasteiger partial charge in [-0.15, -0.1) is 0 Å². The summed E-state index contributed by atoms with van der Waals surface area (Å²) in [5.74, 6) is 0.205. The molecule has 7 nitrogen and oxygen atoms in total. The van der Waals surface area contributed by atoms with Gasteiger partial charge in [-0.1, -0.05) is 0 Å². The van der Waals surface area contributed by atoms with Crippen LogP contribution >= 0.6 is 0 Å². The van der Waals surface area contributed by atoms with E-state index in [0.717, 1.165) is 6.54 Å². The van der Waals surface area contributed by atoms with Crippen LogP contribution in [-0.4, -0.2) is 29.0 Å². The number of nitro groups is 1. The normalized spacial score (nSPS) is 13.9. The van der Waals surface area contributed by atoms with E-state index >= 15 is 0 Å². The topological polar surface area (TPSA) is 104 Å². The van der Waals surface area contributed by atoms with E-state index in [-0.39, 0.29) is 17.1 Å². The molecule has 0 bridgehead atoms. The molecule has 0 unspecified atom stereocenters. The standard InChI is InChI=1S/C11H13N5O2/c12-6-8-5-10(16(17)18)11(15-7-8)14-4-3-13-9-1-2-9/h5,7,9,13H,1-4H2,(H,14,15). The zero-order valence-electron chi connectivity index (χ0n) is 9.72. The van der Waals surface area contributed by atoms with E-state index in [4.69, 9.17) is 5.26 Å². The fraction of sp³-hybridized carbons (Fsp3) is 0.455. The first-order valence-electron chi connectivity index (χ1n) is 5.72. The van der Waals surface area contributed by atoms with E-state index in [1.165, 1.54) is 25.1 Å². The number of hydrogen-bond donors (Lipinski definition) is 2. The molecule has 1 fully saturated rings. The van der Waals surface area contributed by atoms with Gasteiger partial charge in [0, 0.05) is 31.4 Å². The van der Waals surface area contributed by atoms with Crippen LogP contribution in [0.4, 0.5) is 11.5 Å². The van der Waals surface area contributed by atoms with E-state index in [0.29, 0.717) is 12.6 Å². The van der Waals surface area contributed by atoms with Gasteiger partial charge in [0.25, 0.3) is 0 Å². The molecule has 1 aliphatic carbocycles. The van der Waals surface area contributed by atoms with Crippen molar-refractivity contribution in [1.82, 2.24) is 10.3 Å². The highest BCUT2D eigenvalue weighted by molar-refractivity contribution is 5.58. The summed E-state index contributed by atoms with van der Waals surface area (Å²) in [6, 6.07) is 3.67. The third kappa shape index (κ3) is 3.15. The molecular weight excluding hydrogens is 234 g/mol. The Hall–Kier alpha value is -2.20. The summed E-state index contributed by atoms with van der Waals surface area (Å²) in [6.45, 7) is 1.31. The molecule has 2 rings (SSSR count). The number of nitriles is 1. The molecule has 0 amide bonds. The summed E-state index contributed by atoms with van der Waals surface area (Å²) in [7, 11) is 0. The van der Waals surface area contributed by atoms with Gasteiger partial charge in [0.15, 0.2) is 0 Å². The minimum absolute atomic E-state index is 0.166. The maximum absolute atomic E-state index is 10.8. The van der Waals surface area contributed by atoms with E-state index in [2.05, 4.69) is 15.6 Å². The van der Waals surface area contributed by atoms with E-state index in [1.54, 1.807) is 0 Å². The summed E-state index contributed by atoms with van der Waals surface area (Å²) in [4.78, 5) is 14.2. The Morgan fingerprint density at radius 3 is 2.94 bits per heavy atom.